The van der Waals surface area contributed by atoms with Crippen LogP contribution in [0.5, 0.6) is 0 Å². The number of hydrogen-bond donors (Lipinski definition) is 1. The Morgan fingerprint density at radius 1 is 1.59 bits per heavy atom. The van der Waals surface area contributed by atoms with Crippen molar-refractivity contribution >= 4 is 5.78 Å². The van der Waals surface area contributed by atoms with E-state index in [1.807, 2.05) is 13.8 Å². The smallest absolute Gasteiger partial charge is 0.142 e. The molecule has 0 amide bonds. The molecule has 0 unspecified atom stereocenters. The van der Waals surface area contributed by atoms with Crippen LogP contribution in [0.3, 0.4) is 0 Å². The molecule has 0 spiro atoms. The monoisotopic (exact) mass is 236 g/mol. The first kappa shape index (κ1) is 12.2. The highest BCUT2D eigenvalue weighted by Gasteiger charge is 2.34. The zero-order valence-electron chi connectivity index (χ0n) is 10.5. The van der Waals surface area contributed by atoms with Gasteiger partial charge < -0.3 is 5.73 Å². The van der Waals surface area contributed by atoms with Crippen LogP contribution in [0, 0.1) is 0 Å². The lowest BCUT2D eigenvalue weighted by Gasteiger charge is -2.37. The summed E-state index contributed by atoms with van der Waals surface area (Å²) in [7, 11) is 0. The van der Waals surface area contributed by atoms with Gasteiger partial charge in [-0.25, -0.2) is 9.67 Å². The minimum atomic E-state index is -0.236. The lowest BCUT2D eigenvalue weighted by molar-refractivity contribution is -0.120. The summed E-state index contributed by atoms with van der Waals surface area (Å²) in [6.45, 7) is 4.05. The summed E-state index contributed by atoms with van der Waals surface area (Å²) in [6, 6.07) is 0.232. The molecular weight excluding hydrogens is 216 g/mol. The molecule has 5 nitrogen and oxygen atoms in total. The van der Waals surface area contributed by atoms with Crippen molar-refractivity contribution < 1.29 is 4.79 Å². The molecule has 1 aliphatic carbocycles. The van der Waals surface area contributed by atoms with Gasteiger partial charge in [-0.3, -0.25) is 4.79 Å². The first-order valence-corrected chi connectivity index (χ1v) is 6.19. The van der Waals surface area contributed by atoms with Crippen LogP contribution in [0.2, 0.25) is 0 Å². The molecule has 1 saturated carbocycles. The molecule has 1 fully saturated rings. The Bertz CT molecular complexity index is 406. The van der Waals surface area contributed by atoms with E-state index in [0.717, 1.165) is 25.1 Å². The Kier molecular flexibility index (Phi) is 3.28. The molecular formula is C12H20N4O. The molecule has 0 saturated heterocycles. The van der Waals surface area contributed by atoms with E-state index in [2.05, 4.69) is 10.1 Å². The fraction of sp³-hybridized carbons (Fsp3) is 0.750. The molecule has 1 aromatic heterocycles. The second kappa shape index (κ2) is 4.56. The summed E-state index contributed by atoms with van der Waals surface area (Å²) in [5, 5.41) is 4.12. The number of hydrogen-bond acceptors (Lipinski definition) is 4. The van der Waals surface area contributed by atoms with Gasteiger partial charge in [-0.2, -0.15) is 5.10 Å². The van der Waals surface area contributed by atoms with Gasteiger partial charge in [0, 0.05) is 18.0 Å². The van der Waals surface area contributed by atoms with E-state index in [1.54, 1.807) is 4.68 Å². The van der Waals surface area contributed by atoms with E-state index in [-0.39, 0.29) is 17.4 Å². The number of nitrogens with zero attached hydrogens (tertiary/aromatic N) is 3. The number of carbonyl (C=O) groups excluding carboxylic acids is 1. The van der Waals surface area contributed by atoms with E-state index >= 15 is 0 Å². The van der Waals surface area contributed by atoms with Crippen molar-refractivity contribution in [1.82, 2.24) is 14.8 Å². The molecule has 2 rings (SSSR count). The molecule has 17 heavy (non-hydrogen) atoms. The summed E-state index contributed by atoms with van der Waals surface area (Å²) in [4.78, 5) is 16.1. The van der Waals surface area contributed by atoms with Crippen molar-refractivity contribution in [2.24, 2.45) is 5.73 Å². The predicted octanol–water partition coefficient (Wildman–Crippen LogP) is 1.24. The number of rotatable bonds is 5. The summed E-state index contributed by atoms with van der Waals surface area (Å²) in [5.41, 5.74) is 5.83. The number of aromatic nitrogens is 3. The maximum atomic E-state index is 11.9. The fourth-order valence-corrected chi connectivity index (χ4v) is 2.27. The number of carbonyl (C=O) groups is 1. The zero-order valence-corrected chi connectivity index (χ0v) is 10.5. The maximum absolute atomic E-state index is 11.9. The maximum Gasteiger partial charge on any atom is 0.142 e. The Morgan fingerprint density at radius 3 is 2.82 bits per heavy atom. The summed E-state index contributed by atoms with van der Waals surface area (Å²) >= 11 is 0. The second-order valence-electron chi connectivity index (χ2n) is 5.32. The second-order valence-corrected chi connectivity index (χ2v) is 5.32. The Morgan fingerprint density at radius 2 is 2.29 bits per heavy atom. The molecule has 0 bridgehead atoms. The third-order valence-corrected chi connectivity index (χ3v) is 3.39. The first-order chi connectivity index (χ1) is 8.00. The van der Waals surface area contributed by atoms with Crippen molar-refractivity contribution in [2.75, 3.05) is 0 Å². The van der Waals surface area contributed by atoms with Crippen LogP contribution in [0.15, 0.2) is 6.33 Å². The van der Waals surface area contributed by atoms with Crippen LogP contribution in [0.25, 0.3) is 0 Å². The van der Waals surface area contributed by atoms with Gasteiger partial charge in [0.25, 0.3) is 0 Å². The van der Waals surface area contributed by atoms with E-state index < -0.39 is 0 Å². The van der Waals surface area contributed by atoms with Gasteiger partial charge in [-0.05, 0) is 33.1 Å². The molecule has 0 aromatic carbocycles. The highest BCUT2D eigenvalue weighted by Crippen LogP contribution is 2.32. The van der Waals surface area contributed by atoms with Gasteiger partial charge in [-0.1, -0.05) is 0 Å². The predicted molar refractivity (Wildman–Crippen MR) is 64.5 cm³/mol. The lowest BCUT2D eigenvalue weighted by atomic mass is 9.74. The Hall–Kier alpha value is -1.23. The molecule has 94 valence electrons. The molecule has 1 aromatic rings. The van der Waals surface area contributed by atoms with Crippen LogP contribution < -0.4 is 5.73 Å². The number of Topliss-reactive ketones (excluding diaryl/α,β-unsaturated/α-hetero) is 1. The molecule has 1 aliphatic rings. The number of ketones is 1. The van der Waals surface area contributed by atoms with Gasteiger partial charge in [0.15, 0.2) is 0 Å². The van der Waals surface area contributed by atoms with Gasteiger partial charge in [-0.15, -0.1) is 0 Å². The van der Waals surface area contributed by atoms with E-state index in [0.29, 0.717) is 12.8 Å². The van der Waals surface area contributed by atoms with Crippen molar-refractivity contribution in [3.05, 3.63) is 12.2 Å². The topological polar surface area (TPSA) is 73.8 Å². The van der Waals surface area contributed by atoms with E-state index in [1.165, 1.54) is 6.33 Å². The summed E-state index contributed by atoms with van der Waals surface area (Å²) in [5.74, 6) is 0.912. The lowest BCUT2D eigenvalue weighted by Crippen LogP contribution is -2.48. The number of nitrogens with two attached hydrogens (primary N) is 1. The van der Waals surface area contributed by atoms with E-state index in [4.69, 9.17) is 5.73 Å². The minimum Gasteiger partial charge on any atom is -0.325 e. The molecule has 5 heteroatoms. The standard InChI is InChI=1S/C12H20N4O/c1-9(2)16-11(14-8-15-16)6-10(17)7-12(13)4-3-5-12/h8-9H,3-7,13H2,1-2H3. The van der Waals surface area contributed by atoms with Crippen molar-refractivity contribution in [1.29, 1.82) is 0 Å². The average molecular weight is 236 g/mol. The third-order valence-electron chi connectivity index (χ3n) is 3.39. The van der Waals surface area contributed by atoms with E-state index in [9.17, 15) is 4.79 Å². The van der Waals surface area contributed by atoms with Gasteiger partial charge in [0.05, 0.1) is 6.42 Å². The molecule has 0 radical (unpaired) electrons. The largest absolute Gasteiger partial charge is 0.325 e. The van der Waals surface area contributed by atoms with Crippen LogP contribution in [0.1, 0.15) is 51.4 Å². The van der Waals surface area contributed by atoms with Gasteiger partial charge >= 0.3 is 0 Å². The zero-order chi connectivity index (χ0) is 12.5. The van der Waals surface area contributed by atoms with Crippen molar-refractivity contribution in [3.63, 3.8) is 0 Å². The molecule has 1 heterocycles. The SMILES string of the molecule is CC(C)n1ncnc1CC(=O)CC1(N)CCC1. The average Bonchev–Trinajstić information content (AvgIpc) is 2.63. The third kappa shape index (κ3) is 2.72. The normalized spacial score (nSPS) is 18.1. The van der Waals surface area contributed by atoms with Gasteiger partial charge in [0.2, 0.25) is 0 Å². The highest BCUT2D eigenvalue weighted by atomic mass is 16.1. The van der Waals surface area contributed by atoms with Crippen LogP contribution in [-0.2, 0) is 11.2 Å². The molecule has 2 N–H and O–H groups in total. The fourth-order valence-electron chi connectivity index (χ4n) is 2.27. The van der Waals surface area contributed by atoms with Crippen LogP contribution in [0.4, 0.5) is 0 Å². The Labute approximate surface area is 101 Å². The quantitative estimate of drug-likeness (QED) is 0.834. The summed E-state index contributed by atoms with van der Waals surface area (Å²) in [6.07, 6.45) is 5.40. The van der Waals surface area contributed by atoms with Crippen molar-refractivity contribution in [3.8, 4) is 0 Å². The molecule has 0 aliphatic heterocycles. The minimum absolute atomic E-state index is 0.169. The Balaban J connectivity index is 1.96. The summed E-state index contributed by atoms with van der Waals surface area (Å²) < 4.78 is 1.79. The molecule has 0 atom stereocenters. The van der Waals surface area contributed by atoms with Crippen LogP contribution in [-0.4, -0.2) is 26.1 Å². The van der Waals surface area contributed by atoms with Crippen LogP contribution >= 0.6 is 0 Å². The van der Waals surface area contributed by atoms with Crippen molar-refractivity contribution in [2.45, 2.75) is 57.5 Å². The first-order valence-electron chi connectivity index (χ1n) is 6.19. The highest BCUT2D eigenvalue weighted by molar-refractivity contribution is 5.81. The van der Waals surface area contributed by atoms with Gasteiger partial charge in [0.1, 0.15) is 17.9 Å².